The van der Waals surface area contributed by atoms with Gasteiger partial charge in [-0.25, -0.2) is 0 Å². The monoisotopic (exact) mass is 197 g/mol. The van der Waals surface area contributed by atoms with Gasteiger partial charge in [0.2, 0.25) is 0 Å². The van der Waals surface area contributed by atoms with Gasteiger partial charge in [0.1, 0.15) is 0 Å². The predicted octanol–water partition coefficient (Wildman–Crippen LogP) is 2.32. The van der Waals surface area contributed by atoms with Gasteiger partial charge in [0, 0.05) is 12.6 Å². The Morgan fingerprint density at radius 3 is 2.64 bits per heavy atom. The summed E-state index contributed by atoms with van der Waals surface area (Å²) in [5.74, 6) is 0.661. The van der Waals surface area contributed by atoms with Crippen LogP contribution in [0.1, 0.15) is 46.0 Å². The molecule has 0 radical (unpaired) electrons. The number of rotatable bonds is 3. The van der Waals surface area contributed by atoms with Crippen LogP contribution in [-0.4, -0.2) is 18.8 Å². The topological polar surface area (TPSA) is 35.2 Å². The van der Waals surface area contributed by atoms with E-state index in [0.29, 0.717) is 17.4 Å². The molecule has 0 aromatic rings. The number of hydrogen-bond acceptors (Lipinski definition) is 2. The zero-order chi connectivity index (χ0) is 10.2. The molecular formula is C12H23NO. The van der Waals surface area contributed by atoms with Crippen molar-refractivity contribution in [1.29, 1.82) is 0 Å². The van der Waals surface area contributed by atoms with Crippen LogP contribution in [0.2, 0.25) is 0 Å². The van der Waals surface area contributed by atoms with Gasteiger partial charge in [0.25, 0.3) is 0 Å². The number of hydrogen-bond donors (Lipinski definition) is 1. The molecule has 2 fully saturated rings. The van der Waals surface area contributed by atoms with Gasteiger partial charge in [0.05, 0.1) is 6.10 Å². The van der Waals surface area contributed by atoms with Gasteiger partial charge in [0.15, 0.2) is 0 Å². The lowest BCUT2D eigenvalue weighted by Crippen LogP contribution is -2.43. The van der Waals surface area contributed by atoms with Crippen LogP contribution >= 0.6 is 0 Å². The highest BCUT2D eigenvalue weighted by Crippen LogP contribution is 2.45. The molecule has 1 saturated carbocycles. The third kappa shape index (κ3) is 1.96. The van der Waals surface area contributed by atoms with Crippen molar-refractivity contribution in [1.82, 2.24) is 0 Å². The molecule has 3 atom stereocenters. The van der Waals surface area contributed by atoms with E-state index in [1.807, 2.05) is 0 Å². The van der Waals surface area contributed by atoms with Crippen LogP contribution in [0.3, 0.4) is 0 Å². The molecule has 2 rings (SSSR count). The second-order valence-electron chi connectivity index (χ2n) is 5.63. The Kier molecular flexibility index (Phi) is 2.85. The molecule has 2 heteroatoms. The highest BCUT2D eigenvalue weighted by atomic mass is 16.5. The van der Waals surface area contributed by atoms with Gasteiger partial charge in [-0.15, -0.1) is 0 Å². The van der Waals surface area contributed by atoms with E-state index in [4.69, 9.17) is 10.5 Å². The molecule has 1 aliphatic heterocycles. The summed E-state index contributed by atoms with van der Waals surface area (Å²) >= 11 is 0. The molecule has 14 heavy (non-hydrogen) atoms. The average molecular weight is 197 g/mol. The van der Waals surface area contributed by atoms with Crippen LogP contribution in [0.4, 0.5) is 0 Å². The van der Waals surface area contributed by atoms with Crippen molar-refractivity contribution >= 4 is 0 Å². The van der Waals surface area contributed by atoms with Gasteiger partial charge in [-0.05, 0) is 37.0 Å². The van der Waals surface area contributed by atoms with Gasteiger partial charge >= 0.3 is 0 Å². The molecule has 1 aliphatic carbocycles. The van der Waals surface area contributed by atoms with E-state index in [2.05, 4.69) is 13.8 Å². The molecule has 3 unspecified atom stereocenters. The van der Waals surface area contributed by atoms with Gasteiger partial charge in [-0.1, -0.05) is 20.3 Å². The fourth-order valence-corrected chi connectivity index (χ4v) is 2.93. The van der Waals surface area contributed by atoms with Crippen LogP contribution in [0.25, 0.3) is 0 Å². The van der Waals surface area contributed by atoms with E-state index >= 15 is 0 Å². The summed E-state index contributed by atoms with van der Waals surface area (Å²) in [6.45, 7) is 5.55. The van der Waals surface area contributed by atoms with Gasteiger partial charge in [-0.2, -0.15) is 0 Å². The molecule has 2 aliphatic rings. The normalized spacial score (nSPS) is 37.9. The molecule has 0 amide bonds. The first-order chi connectivity index (χ1) is 6.61. The van der Waals surface area contributed by atoms with Crippen LogP contribution in [0.5, 0.6) is 0 Å². The van der Waals surface area contributed by atoms with Crippen molar-refractivity contribution in [2.75, 3.05) is 6.61 Å². The molecule has 2 nitrogen and oxygen atoms in total. The maximum absolute atomic E-state index is 6.24. The van der Waals surface area contributed by atoms with Crippen molar-refractivity contribution in [3.8, 4) is 0 Å². The summed E-state index contributed by atoms with van der Waals surface area (Å²) in [7, 11) is 0. The molecule has 0 bridgehead atoms. The summed E-state index contributed by atoms with van der Waals surface area (Å²) in [4.78, 5) is 0. The third-order valence-corrected chi connectivity index (χ3v) is 4.16. The second-order valence-corrected chi connectivity index (χ2v) is 5.63. The van der Waals surface area contributed by atoms with Crippen molar-refractivity contribution in [2.45, 2.75) is 58.1 Å². The minimum atomic E-state index is 0.262. The Morgan fingerprint density at radius 1 is 1.50 bits per heavy atom. The van der Waals surface area contributed by atoms with Crippen molar-refractivity contribution in [3.05, 3.63) is 0 Å². The molecule has 1 heterocycles. The highest BCUT2D eigenvalue weighted by Gasteiger charge is 2.38. The Bertz CT molecular complexity index is 200. The standard InChI is InChI=1S/C12H23NO/c1-9-4-7-14-11(9)10(13)8-12(2)5-3-6-12/h9-11H,3-8,13H2,1-2H3. The smallest absolute Gasteiger partial charge is 0.0752 e. The Hall–Kier alpha value is -0.0800. The molecule has 1 saturated heterocycles. The van der Waals surface area contributed by atoms with Gasteiger partial charge in [-0.3, -0.25) is 0 Å². The summed E-state index contributed by atoms with van der Waals surface area (Å²) in [5, 5.41) is 0. The predicted molar refractivity (Wildman–Crippen MR) is 58.1 cm³/mol. The number of ether oxygens (including phenoxy) is 1. The molecule has 0 spiro atoms. The zero-order valence-electron chi connectivity index (χ0n) is 9.46. The lowest BCUT2D eigenvalue weighted by Gasteiger charge is -2.41. The molecule has 82 valence electrons. The summed E-state index contributed by atoms with van der Waals surface area (Å²) in [6, 6.07) is 0.262. The van der Waals surface area contributed by atoms with E-state index in [1.165, 1.54) is 25.7 Å². The maximum atomic E-state index is 6.24. The van der Waals surface area contributed by atoms with Gasteiger partial charge < -0.3 is 10.5 Å². The van der Waals surface area contributed by atoms with E-state index < -0.39 is 0 Å². The first kappa shape index (κ1) is 10.4. The molecule has 2 N–H and O–H groups in total. The molecule has 0 aromatic carbocycles. The van der Waals surface area contributed by atoms with Crippen molar-refractivity contribution in [3.63, 3.8) is 0 Å². The Labute approximate surface area is 87.2 Å². The zero-order valence-corrected chi connectivity index (χ0v) is 9.46. The number of nitrogens with two attached hydrogens (primary N) is 1. The highest BCUT2D eigenvalue weighted by molar-refractivity contribution is 4.91. The fraction of sp³-hybridized carbons (Fsp3) is 1.00. The summed E-state index contributed by atoms with van der Waals surface area (Å²) < 4.78 is 5.72. The first-order valence-electron chi connectivity index (χ1n) is 5.98. The van der Waals surface area contributed by atoms with Crippen LogP contribution in [0.15, 0.2) is 0 Å². The lowest BCUT2D eigenvalue weighted by molar-refractivity contribution is 0.0391. The maximum Gasteiger partial charge on any atom is 0.0752 e. The van der Waals surface area contributed by atoms with E-state index in [-0.39, 0.29) is 6.04 Å². The minimum Gasteiger partial charge on any atom is -0.376 e. The molecule has 0 aromatic heterocycles. The van der Waals surface area contributed by atoms with Crippen LogP contribution in [-0.2, 0) is 4.74 Å². The molecular weight excluding hydrogens is 174 g/mol. The first-order valence-corrected chi connectivity index (χ1v) is 5.98. The quantitative estimate of drug-likeness (QED) is 0.753. The fourth-order valence-electron chi connectivity index (χ4n) is 2.93. The van der Waals surface area contributed by atoms with E-state index in [0.717, 1.165) is 13.0 Å². The second kappa shape index (κ2) is 3.82. The SMILES string of the molecule is CC1CCOC1C(N)CC1(C)CCC1. The van der Waals surface area contributed by atoms with E-state index in [1.54, 1.807) is 0 Å². The third-order valence-electron chi connectivity index (χ3n) is 4.16. The van der Waals surface area contributed by atoms with Crippen molar-refractivity contribution < 1.29 is 4.74 Å². The van der Waals surface area contributed by atoms with Crippen molar-refractivity contribution in [2.24, 2.45) is 17.1 Å². The van der Waals surface area contributed by atoms with E-state index in [9.17, 15) is 0 Å². The minimum absolute atomic E-state index is 0.262. The lowest BCUT2D eigenvalue weighted by atomic mass is 9.66. The largest absolute Gasteiger partial charge is 0.376 e. The van der Waals surface area contributed by atoms with Crippen LogP contribution < -0.4 is 5.73 Å². The Morgan fingerprint density at radius 2 is 2.21 bits per heavy atom. The summed E-state index contributed by atoms with van der Waals surface area (Å²) in [6.07, 6.45) is 6.79. The Balaban J connectivity index is 1.85. The summed E-state index contributed by atoms with van der Waals surface area (Å²) in [5.41, 5.74) is 6.77. The van der Waals surface area contributed by atoms with Crippen LogP contribution in [0, 0.1) is 11.3 Å². The average Bonchev–Trinajstić information content (AvgIpc) is 2.48.